The van der Waals surface area contributed by atoms with Gasteiger partial charge < -0.3 is 20.5 Å². The van der Waals surface area contributed by atoms with Crippen LogP contribution < -0.4 is 26.1 Å². The van der Waals surface area contributed by atoms with Crippen molar-refractivity contribution in [2.45, 2.75) is 12.1 Å². The van der Waals surface area contributed by atoms with E-state index < -0.39 is 11.5 Å². The Morgan fingerprint density at radius 2 is 2.04 bits per heavy atom. The molecule has 0 fully saturated rings. The number of hydrogen-bond donors (Lipinski definition) is 3. The summed E-state index contributed by atoms with van der Waals surface area (Å²) in [6.07, 6.45) is 0. The van der Waals surface area contributed by atoms with Crippen molar-refractivity contribution in [1.82, 2.24) is 9.97 Å². The van der Waals surface area contributed by atoms with Crippen molar-refractivity contribution in [2.24, 2.45) is 0 Å². The zero-order valence-electron chi connectivity index (χ0n) is 13.5. The predicted octanol–water partition coefficient (Wildman–Crippen LogP) is 1.73. The molecule has 2 aromatic rings. The van der Waals surface area contributed by atoms with Crippen LogP contribution in [0.2, 0.25) is 0 Å². The standard InChI is InChI=1S/C15H18N4O4S/c1-4-24-15-18-12(16)11(14(21)19-15)17-13(20)8-5-6-9(22-2)10(7-8)23-3/h5-7H,4H2,1-3H3,(H,17,20)(H3,16,18,19,21). The highest BCUT2D eigenvalue weighted by Crippen LogP contribution is 2.28. The third-order valence-electron chi connectivity index (χ3n) is 3.09. The molecule has 0 aliphatic carbocycles. The summed E-state index contributed by atoms with van der Waals surface area (Å²) in [6, 6.07) is 4.66. The van der Waals surface area contributed by atoms with E-state index in [9.17, 15) is 9.59 Å². The zero-order chi connectivity index (χ0) is 17.7. The molecule has 1 amide bonds. The number of benzene rings is 1. The third-order valence-corrected chi connectivity index (χ3v) is 3.85. The molecule has 9 heteroatoms. The number of hydrogen-bond acceptors (Lipinski definition) is 7. The predicted molar refractivity (Wildman–Crippen MR) is 93.2 cm³/mol. The molecule has 0 atom stereocenters. The number of H-pyrrole nitrogens is 1. The Balaban J connectivity index is 2.28. The highest BCUT2D eigenvalue weighted by atomic mass is 32.2. The molecular formula is C15H18N4O4S. The molecule has 0 saturated heterocycles. The number of rotatable bonds is 6. The summed E-state index contributed by atoms with van der Waals surface area (Å²) in [4.78, 5) is 31.1. The Morgan fingerprint density at radius 1 is 1.33 bits per heavy atom. The Hall–Kier alpha value is -2.68. The second-order valence-electron chi connectivity index (χ2n) is 4.59. The largest absolute Gasteiger partial charge is 0.493 e. The Bertz CT molecular complexity index is 807. The van der Waals surface area contributed by atoms with Crippen LogP contribution in [-0.2, 0) is 0 Å². The van der Waals surface area contributed by atoms with Gasteiger partial charge in [0.05, 0.1) is 14.2 Å². The van der Waals surface area contributed by atoms with Gasteiger partial charge in [-0.15, -0.1) is 0 Å². The smallest absolute Gasteiger partial charge is 0.277 e. The molecule has 24 heavy (non-hydrogen) atoms. The van der Waals surface area contributed by atoms with E-state index in [1.807, 2.05) is 6.92 Å². The summed E-state index contributed by atoms with van der Waals surface area (Å²) < 4.78 is 10.3. The van der Waals surface area contributed by atoms with Gasteiger partial charge in [0.1, 0.15) is 5.69 Å². The summed E-state index contributed by atoms with van der Waals surface area (Å²) in [5.41, 5.74) is 5.47. The van der Waals surface area contributed by atoms with Gasteiger partial charge in [-0.1, -0.05) is 18.7 Å². The van der Waals surface area contributed by atoms with Crippen molar-refractivity contribution in [2.75, 3.05) is 31.0 Å². The first-order valence-electron chi connectivity index (χ1n) is 7.06. The molecule has 0 aliphatic heterocycles. The molecule has 0 radical (unpaired) electrons. The van der Waals surface area contributed by atoms with Crippen LogP contribution in [0.4, 0.5) is 11.5 Å². The summed E-state index contributed by atoms with van der Waals surface area (Å²) in [6.45, 7) is 1.92. The fourth-order valence-corrected chi connectivity index (χ4v) is 2.56. The summed E-state index contributed by atoms with van der Waals surface area (Å²) in [7, 11) is 2.97. The van der Waals surface area contributed by atoms with Crippen LogP contribution in [0.15, 0.2) is 28.2 Å². The lowest BCUT2D eigenvalue weighted by molar-refractivity contribution is 0.102. The van der Waals surface area contributed by atoms with Gasteiger partial charge in [-0.2, -0.15) is 0 Å². The number of amides is 1. The molecule has 0 unspecified atom stereocenters. The van der Waals surface area contributed by atoms with Gasteiger partial charge in [-0.05, 0) is 24.0 Å². The van der Waals surface area contributed by atoms with Crippen LogP contribution in [0, 0.1) is 0 Å². The second kappa shape index (κ2) is 7.73. The highest BCUT2D eigenvalue weighted by molar-refractivity contribution is 7.99. The van der Waals surface area contributed by atoms with Crippen LogP contribution in [0.25, 0.3) is 0 Å². The normalized spacial score (nSPS) is 10.3. The molecule has 0 spiro atoms. The van der Waals surface area contributed by atoms with Crippen LogP contribution in [-0.4, -0.2) is 35.8 Å². The van der Waals surface area contributed by atoms with E-state index in [0.717, 1.165) is 5.75 Å². The SMILES string of the molecule is CCSc1nc(N)c(NC(=O)c2ccc(OC)c(OC)c2)c(=O)[nH]1. The number of nitrogens with two attached hydrogens (primary N) is 1. The number of nitrogens with one attached hydrogen (secondary N) is 2. The number of ether oxygens (including phenoxy) is 2. The Kier molecular flexibility index (Phi) is 5.69. The average molecular weight is 350 g/mol. The molecule has 0 bridgehead atoms. The first-order valence-corrected chi connectivity index (χ1v) is 8.04. The monoisotopic (exact) mass is 350 g/mol. The number of nitrogen functional groups attached to an aromatic ring is 1. The molecule has 0 aliphatic rings. The van der Waals surface area contributed by atoms with Crippen molar-refractivity contribution in [3.8, 4) is 11.5 Å². The molecule has 1 aromatic carbocycles. The van der Waals surface area contributed by atoms with Gasteiger partial charge in [-0.25, -0.2) is 4.98 Å². The maximum Gasteiger partial charge on any atom is 0.277 e. The molecule has 1 aromatic heterocycles. The number of anilines is 2. The lowest BCUT2D eigenvalue weighted by Gasteiger charge is -2.11. The number of aromatic nitrogens is 2. The van der Waals surface area contributed by atoms with Gasteiger partial charge in [-0.3, -0.25) is 14.6 Å². The quantitative estimate of drug-likeness (QED) is 0.536. The van der Waals surface area contributed by atoms with Crippen molar-refractivity contribution >= 4 is 29.2 Å². The maximum absolute atomic E-state index is 12.3. The maximum atomic E-state index is 12.3. The molecule has 1 heterocycles. The van der Waals surface area contributed by atoms with E-state index in [1.54, 1.807) is 12.1 Å². The topological polar surface area (TPSA) is 119 Å². The van der Waals surface area contributed by atoms with Crippen molar-refractivity contribution in [1.29, 1.82) is 0 Å². The number of methoxy groups -OCH3 is 2. The third kappa shape index (κ3) is 3.80. The van der Waals surface area contributed by atoms with Crippen molar-refractivity contribution in [3.05, 3.63) is 34.1 Å². The van der Waals surface area contributed by atoms with E-state index >= 15 is 0 Å². The Morgan fingerprint density at radius 3 is 2.62 bits per heavy atom. The van der Waals surface area contributed by atoms with E-state index in [2.05, 4.69) is 15.3 Å². The molecule has 4 N–H and O–H groups in total. The van der Waals surface area contributed by atoms with Crippen LogP contribution in [0.1, 0.15) is 17.3 Å². The molecule has 0 saturated carbocycles. The van der Waals surface area contributed by atoms with Gasteiger partial charge in [0.2, 0.25) is 0 Å². The van der Waals surface area contributed by atoms with Gasteiger partial charge in [0, 0.05) is 5.56 Å². The summed E-state index contributed by atoms with van der Waals surface area (Å²) in [5.74, 6) is 1.09. The van der Waals surface area contributed by atoms with Gasteiger partial charge >= 0.3 is 0 Å². The van der Waals surface area contributed by atoms with Gasteiger partial charge in [0.15, 0.2) is 22.5 Å². The Labute approximate surface area is 142 Å². The van der Waals surface area contributed by atoms with E-state index in [1.165, 1.54) is 32.0 Å². The fraction of sp³-hybridized carbons (Fsp3) is 0.267. The minimum Gasteiger partial charge on any atom is -0.493 e. The zero-order valence-corrected chi connectivity index (χ0v) is 14.3. The van der Waals surface area contributed by atoms with Crippen LogP contribution in [0.5, 0.6) is 11.5 Å². The lowest BCUT2D eigenvalue weighted by atomic mass is 10.2. The first kappa shape index (κ1) is 17.7. The van der Waals surface area contributed by atoms with Crippen LogP contribution in [0.3, 0.4) is 0 Å². The fourth-order valence-electron chi connectivity index (χ4n) is 1.96. The minimum atomic E-state index is -0.508. The molecular weight excluding hydrogens is 332 g/mol. The molecule has 2 rings (SSSR count). The lowest BCUT2D eigenvalue weighted by Crippen LogP contribution is -2.23. The highest BCUT2D eigenvalue weighted by Gasteiger charge is 2.15. The average Bonchev–Trinajstić information content (AvgIpc) is 2.57. The number of aromatic amines is 1. The number of carbonyl (C=O) groups is 1. The van der Waals surface area contributed by atoms with Crippen molar-refractivity contribution in [3.63, 3.8) is 0 Å². The van der Waals surface area contributed by atoms with E-state index in [-0.39, 0.29) is 11.5 Å². The number of nitrogens with zero attached hydrogens (tertiary/aromatic N) is 1. The number of carbonyl (C=O) groups excluding carboxylic acids is 1. The minimum absolute atomic E-state index is 0.0384. The second-order valence-corrected chi connectivity index (χ2v) is 5.84. The first-order chi connectivity index (χ1) is 11.5. The number of thioether (sulfide) groups is 1. The van der Waals surface area contributed by atoms with Crippen LogP contribution >= 0.6 is 11.8 Å². The molecule has 8 nitrogen and oxygen atoms in total. The van der Waals surface area contributed by atoms with Gasteiger partial charge in [0.25, 0.3) is 11.5 Å². The summed E-state index contributed by atoms with van der Waals surface area (Å²) >= 11 is 1.35. The summed E-state index contributed by atoms with van der Waals surface area (Å²) in [5, 5.41) is 2.88. The van der Waals surface area contributed by atoms with E-state index in [4.69, 9.17) is 15.2 Å². The van der Waals surface area contributed by atoms with Crippen molar-refractivity contribution < 1.29 is 14.3 Å². The van der Waals surface area contributed by atoms with E-state index in [0.29, 0.717) is 22.2 Å². The molecule has 128 valence electrons.